The van der Waals surface area contributed by atoms with Crippen LogP contribution < -0.4 is 14.8 Å². The van der Waals surface area contributed by atoms with Gasteiger partial charge in [0.15, 0.2) is 23.4 Å². The Morgan fingerprint density at radius 1 is 1.03 bits per heavy atom. The standard InChI is InChI=1S/C25H21N5O3/c31-23(14-13-17-9-11-19(12-10-17)15-18-5-2-1-3-6-18)26-20-7-4-8-21-24(20)33-22(16-32-21)25-27-29-30-28-25/h1-14,22H,15-16H2,(H,26,31)(H,27,28,29,30). The molecule has 5 rings (SSSR count). The second-order valence-electron chi connectivity index (χ2n) is 7.56. The first-order chi connectivity index (χ1) is 16.2. The Morgan fingerprint density at radius 3 is 2.64 bits per heavy atom. The SMILES string of the molecule is O=C(C=Cc1ccc(Cc2ccccc2)cc1)Nc1cccc2c1OC(c1nnn[nH]1)CO2. The monoisotopic (exact) mass is 439 g/mol. The van der Waals surface area contributed by atoms with Crippen molar-refractivity contribution in [1.29, 1.82) is 0 Å². The predicted molar refractivity (Wildman–Crippen MR) is 123 cm³/mol. The Hall–Kier alpha value is -4.46. The van der Waals surface area contributed by atoms with Gasteiger partial charge in [-0.25, -0.2) is 5.10 Å². The van der Waals surface area contributed by atoms with E-state index in [9.17, 15) is 4.79 Å². The van der Waals surface area contributed by atoms with E-state index in [0.29, 0.717) is 23.0 Å². The molecular formula is C25H21N5O3. The number of tetrazole rings is 1. The number of benzene rings is 3. The average Bonchev–Trinajstić information content (AvgIpc) is 3.39. The Kier molecular flexibility index (Phi) is 5.79. The molecule has 8 nitrogen and oxygen atoms in total. The van der Waals surface area contributed by atoms with E-state index in [1.807, 2.05) is 30.3 Å². The normalized spacial score (nSPS) is 14.8. The summed E-state index contributed by atoms with van der Waals surface area (Å²) in [5.41, 5.74) is 3.93. The van der Waals surface area contributed by atoms with Crippen molar-refractivity contribution in [2.75, 3.05) is 11.9 Å². The van der Waals surface area contributed by atoms with Crippen LogP contribution in [0.3, 0.4) is 0 Å². The molecule has 0 saturated carbocycles. The van der Waals surface area contributed by atoms with E-state index < -0.39 is 6.10 Å². The van der Waals surface area contributed by atoms with Gasteiger partial charge in [0.05, 0.1) is 5.69 Å². The van der Waals surface area contributed by atoms with E-state index in [1.54, 1.807) is 24.3 Å². The number of carbonyl (C=O) groups excluding carboxylic acids is 1. The molecule has 1 amide bonds. The van der Waals surface area contributed by atoms with Crippen molar-refractivity contribution in [3.8, 4) is 11.5 Å². The predicted octanol–water partition coefficient (Wildman–Crippen LogP) is 3.95. The highest BCUT2D eigenvalue weighted by Crippen LogP contribution is 2.41. The number of anilines is 1. The maximum absolute atomic E-state index is 12.6. The maximum atomic E-state index is 12.6. The summed E-state index contributed by atoms with van der Waals surface area (Å²) in [4.78, 5) is 12.6. The molecule has 4 aromatic rings. The summed E-state index contributed by atoms with van der Waals surface area (Å²) in [6.07, 6.45) is 3.65. The van der Waals surface area contributed by atoms with Gasteiger partial charge in [-0.15, -0.1) is 5.10 Å². The average molecular weight is 439 g/mol. The highest BCUT2D eigenvalue weighted by molar-refractivity contribution is 6.03. The fraction of sp³-hybridized carbons (Fsp3) is 0.120. The van der Waals surface area contributed by atoms with Crippen molar-refractivity contribution in [2.24, 2.45) is 0 Å². The molecule has 0 spiro atoms. The summed E-state index contributed by atoms with van der Waals surface area (Å²) in [6, 6.07) is 23.8. The van der Waals surface area contributed by atoms with Crippen LogP contribution in [0.1, 0.15) is 28.6 Å². The zero-order chi connectivity index (χ0) is 22.5. The van der Waals surface area contributed by atoms with Crippen LogP contribution in [-0.2, 0) is 11.2 Å². The Labute approximate surface area is 190 Å². The van der Waals surface area contributed by atoms with Gasteiger partial charge in [-0.05, 0) is 51.7 Å². The van der Waals surface area contributed by atoms with E-state index in [-0.39, 0.29) is 12.5 Å². The summed E-state index contributed by atoms with van der Waals surface area (Å²) in [7, 11) is 0. The molecule has 1 aliphatic rings. The molecule has 0 radical (unpaired) electrons. The highest BCUT2D eigenvalue weighted by atomic mass is 16.6. The molecule has 2 N–H and O–H groups in total. The van der Waals surface area contributed by atoms with Crippen molar-refractivity contribution < 1.29 is 14.3 Å². The third-order valence-electron chi connectivity index (χ3n) is 5.21. The minimum atomic E-state index is -0.490. The van der Waals surface area contributed by atoms with Gasteiger partial charge >= 0.3 is 0 Å². The summed E-state index contributed by atoms with van der Waals surface area (Å²) >= 11 is 0. The van der Waals surface area contributed by atoms with Crippen LogP contribution in [0.15, 0.2) is 78.9 Å². The minimum absolute atomic E-state index is 0.265. The van der Waals surface area contributed by atoms with Gasteiger partial charge in [0, 0.05) is 6.08 Å². The number of hydrogen-bond acceptors (Lipinski definition) is 6. The zero-order valence-electron chi connectivity index (χ0n) is 17.6. The second kappa shape index (κ2) is 9.35. The second-order valence-corrected chi connectivity index (χ2v) is 7.56. The van der Waals surface area contributed by atoms with Gasteiger partial charge in [-0.2, -0.15) is 0 Å². The fourth-order valence-electron chi connectivity index (χ4n) is 3.55. The molecule has 0 bridgehead atoms. The van der Waals surface area contributed by atoms with Crippen LogP contribution in [0.2, 0.25) is 0 Å². The minimum Gasteiger partial charge on any atom is -0.485 e. The van der Waals surface area contributed by atoms with Crippen molar-refractivity contribution in [3.05, 3.63) is 101 Å². The lowest BCUT2D eigenvalue weighted by Gasteiger charge is -2.26. The van der Waals surface area contributed by atoms with E-state index in [2.05, 4.69) is 50.2 Å². The number of amides is 1. The molecule has 2 heterocycles. The number of aromatic amines is 1. The van der Waals surface area contributed by atoms with Crippen molar-refractivity contribution in [3.63, 3.8) is 0 Å². The van der Waals surface area contributed by atoms with Crippen LogP contribution in [0, 0.1) is 0 Å². The summed E-state index contributed by atoms with van der Waals surface area (Å²) in [6.45, 7) is 0.265. The number of aromatic nitrogens is 4. The van der Waals surface area contributed by atoms with Crippen LogP contribution in [-0.4, -0.2) is 33.1 Å². The van der Waals surface area contributed by atoms with Gasteiger partial charge < -0.3 is 14.8 Å². The van der Waals surface area contributed by atoms with Crippen LogP contribution in [0.4, 0.5) is 5.69 Å². The number of rotatable bonds is 6. The van der Waals surface area contributed by atoms with E-state index >= 15 is 0 Å². The van der Waals surface area contributed by atoms with E-state index in [4.69, 9.17) is 9.47 Å². The zero-order valence-corrected chi connectivity index (χ0v) is 17.6. The molecule has 0 saturated heterocycles. The summed E-state index contributed by atoms with van der Waals surface area (Å²) < 4.78 is 11.8. The molecular weight excluding hydrogens is 418 g/mol. The Bertz CT molecular complexity index is 1260. The molecule has 164 valence electrons. The fourth-order valence-corrected chi connectivity index (χ4v) is 3.55. The first kappa shape index (κ1) is 20.4. The number of ether oxygens (including phenoxy) is 2. The van der Waals surface area contributed by atoms with Crippen LogP contribution in [0.25, 0.3) is 6.08 Å². The first-order valence-corrected chi connectivity index (χ1v) is 10.5. The van der Waals surface area contributed by atoms with Gasteiger partial charge in [0.25, 0.3) is 0 Å². The highest BCUT2D eigenvalue weighted by Gasteiger charge is 2.27. The van der Waals surface area contributed by atoms with Crippen molar-refractivity contribution >= 4 is 17.7 Å². The molecule has 1 aromatic heterocycles. The number of hydrogen-bond donors (Lipinski definition) is 2. The van der Waals surface area contributed by atoms with Gasteiger partial charge in [-0.1, -0.05) is 60.7 Å². The van der Waals surface area contributed by atoms with Crippen molar-refractivity contribution in [1.82, 2.24) is 20.6 Å². The molecule has 3 aromatic carbocycles. The summed E-state index contributed by atoms with van der Waals surface area (Å²) in [5.74, 6) is 1.17. The number of carbonyl (C=O) groups is 1. The number of fused-ring (bicyclic) bond motifs is 1. The summed E-state index contributed by atoms with van der Waals surface area (Å²) in [5, 5.41) is 16.5. The Morgan fingerprint density at radius 2 is 1.85 bits per heavy atom. The molecule has 33 heavy (non-hydrogen) atoms. The van der Waals surface area contributed by atoms with Gasteiger partial charge in [0.2, 0.25) is 5.91 Å². The quantitative estimate of drug-likeness (QED) is 0.441. The topological polar surface area (TPSA) is 102 Å². The van der Waals surface area contributed by atoms with E-state index in [1.165, 1.54) is 17.2 Å². The lowest BCUT2D eigenvalue weighted by Crippen LogP contribution is -2.24. The third-order valence-corrected chi connectivity index (χ3v) is 5.21. The molecule has 0 fully saturated rings. The van der Waals surface area contributed by atoms with Gasteiger partial charge in [-0.3, -0.25) is 4.79 Å². The third kappa shape index (κ3) is 4.90. The van der Waals surface area contributed by atoms with E-state index in [0.717, 1.165) is 12.0 Å². The van der Waals surface area contributed by atoms with Crippen LogP contribution >= 0.6 is 0 Å². The first-order valence-electron chi connectivity index (χ1n) is 10.5. The lowest BCUT2D eigenvalue weighted by atomic mass is 10.0. The number of H-pyrrole nitrogens is 1. The van der Waals surface area contributed by atoms with Crippen molar-refractivity contribution in [2.45, 2.75) is 12.5 Å². The Balaban J connectivity index is 1.23. The molecule has 0 aliphatic carbocycles. The number of nitrogens with zero attached hydrogens (tertiary/aromatic N) is 3. The van der Waals surface area contributed by atoms with Gasteiger partial charge in [0.1, 0.15) is 6.61 Å². The lowest BCUT2D eigenvalue weighted by molar-refractivity contribution is -0.111. The molecule has 1 aliphatic heterocycles. The molecule has 8 heteroatoms. The maximum Gasteiger partial charge on any atom is 0.248 e. The number of nitrogens with one attached hydrogen (secondary N) is 2. The van der Waals surface area contributed by atoms with Crippen LogP contribution in [0.5, 0.6) is 11.5 Å². The number of para-hydroxylation sites is 1. The largest absolute Gasteiger partial charge is 0.485 e. The molecule has 1 unspecified atom stereocenters. The smallest absolute Gasteiger partial charge is 0.248 e. The molecule has 1 atom stereocenters.